The molecule has 3 heteroatoms. The van der Waals surface area contributed by atoms with Crippen molar-refractivity contribution in [2.75, 3.05) is 13.2 Å². The first-order chi connectivity index (χ1) is 3.83. The molecule has 0 aromatic heterocycles. The van der Waals surface area contributed by atoms with E-state index in [0.717, 1.165) is 13.0 Å². The minimum absolute atomic E-state index is 0. The van der Waals surface area contributed by atoms with Crippen LogP contribution >= 0.6 is 12.4 Å². The van der Waals surface area contributed by atoms with Gasteiger partial charge in [-0.15, -0.1) is 12.4 Å². The Morgan fingerprint density at radius 3 is 2.67 bits per heavy atom. The maximum absolute atomic E-state index is 8.58. The lowest BCUT2D eigenvalue weighted by atomic mass is 10.2. The third-order valence-corrected chi connectivity index (χ3v) is 1.40. The summed E-state index contributed by atoms with van der Waals surface area (Å²) < 4.78 is 0. The van der Waals surface area contributed by atoms with Gasteiger partial charge in [0.15, 0.2) is 0 Å². The van der Waals surface area contributed by atoms with E-state index in [-0.39, 0.29) is 25.1 Å². The first kappa shape index (κ1) is 8.95. The highest BCUT2D eigenvalue weighted by Gasteiger charge is 2.14. The summed E-state index contributed by atoms with van der Waals surface area (Å²) in [5, 5.41) is 11.7. The number of aliphatic hydroxyl groups excluding tert-OH is 1. The monoisotopic (exact) mass is 149 g/mol. The Bertz CT molecular complexity index is 105. The lowest BCUT2D eigenvalue weighted by molar-refractivity contribution is 0.256. The van der Waals surface area contributed by atoms with Crippen LogP contribution in [0.15, 0.2) is 12.2 Å². The number of rotatable bonds is 1. The molecule has 0 aliphatic carbocycles. The standard InChI is InChI=1S/C6H11NO.ClH/c1-5-2-6(4-8)7-3-5;/h6-8H,1-4H2;1H. The van der Waals surface area contributed by atoms with Crippen molar-refractivity contribution in [3.8, 4) is 0 Å². The highest BCUT2D eigenvalue weighted by molar-refractivity contribution is 5.85. The molecule has 1 heterocycles. The van der Waals surface area contributed by atoms with Crippen molar-refractivity contribution in [1.82, 2.24) is 5.32 Å². The first-order valence-electron chi connectivity index (χ1n) is 2.84. The number of halogens is 1. The molecule has 1 fully saturated rings. The second-order valence-electron chi connectivity index (χ2n) is 2.21. The lowest BCUT2D eigenvalue weighted by Crippen LogP contribution is -2.24. The van der Waals surface area contributed by atoms with Gasteiger partial charge in [-0.2, -0.15) is 0 Å². The maximum Gasteiger partial charge on any atom is 0.0587 e. The normalized spacial score (nSPS) is 25.9. The molecular formula is C6H12ClNO. The van der Waals surface area contributed by atoms with Crippen LogP contribution in [-0.2, 0) is 0 Å². The van der Waals surface area contributed by atoms with Gasteiger partial charge in [-0.3, -0.25) is 0 Å². The Hall–Kier alpha value is -0.0500. The van der Waals surface area contributed by atoms with Crippen LogP contribution in [0.5, 0.6) is 0 Å². The van der Waals surface area contributed by atoms with Gasteiger partial charge in [-0.1, -0.05) is 12.2 Å². The molecule has 0 aromatic carbocycles. The van der Waals surface area contributed by atoms with Crippen molar-refractivity contribution in [3.05, 3.63) is 12.2 Å². The summed E-state index contributed by atoms with van der Waals surface area (Å²) in [5.74, 6) is 0. The smallest absolute Gasteiger partial charge is 0.0587 e. The van der Waals surface area contributed by atoms with E-state index in [4.69, 9.17) is 5.11 Å². The van der Waals surface area contributed by atoms with Crippen LogP contribution in [0.2, 0.25) is 0 Å². The molecule has 0 radical (unpaired) electrons. The molecular weight excluding hydrogens is 138 g/mol. The molecule has 0 bridgehead atoms. The number of hydrogen-bond acceptors (Lipinski definition) is 2. The zero-order valence-electron chi connectivity index (χ0n) is 5.26. The Balaban J connectivity index is 0.000000640. The van der Waals surface area contributed by atoms with Gasteiger partial charge in [0.2, 0.25) is 0 Å². The fourth-order valence-corrected chi connectivity index (χ4v) is 0.911. The van der Waals surface area contributed by atoms with E-state index in [9.17, 15) is 0 Å². The summed E-state index contributed by atoms with van der Waals surface area (Å²) in [7, 11) is 0. The van der Waals surface area contributed by atoms with E-state index < -0.39 is 0 Å². The molecule has 1 saturated heterocycles. The molecule has 1 unspecified atom stereocenters. The van der Waals surface area contributed by atoms with Crippen LogP contribution in [0.4, 0.5) is 0 Å². The number of hydrogen-bond donors (Lipinski definition) is 2. The van der Waals surface area contributed by atoms with Gasteiger partial charge in [0.25, 0.3) is 0 Å². The molecule has 1 aliphatic rings. The molecule has 0 spiro atoms. The number of nitrogens with one attached hydrogen (secondary N) is 1. The Kier molecular flexibility index (Phi) is 3.86. The largest absolute Gasteiger partial charge is 0.395 e. The van der Waals surface area contributed by atoms with Crippen LogP contribution < -0.4 is 5.32 Å². The summed E-state index contributed by atoms with van der Waals surface area (Å²) >= 11 is 0. The van der Waals surface area contributed by atoms with Crippen molar-refractivity contribution < 1.29 is 5.11 Å². The van der Waals surface area contributed by atoms with E-state index in [2.05, 4.69) is 11.9 Å². The van der Waals surface area contributed by atoms with Gasteiger partial charge in [-0.05, 0) is 6.42 Å². The molecule has 1 aliphatic heterocycles. The van der Waals surface area contributed by atoms with Gasteiger partial charge in [0, 0.05) is 12.6 Å². The third-order valence-electron chi connectivity index (χ3n) is 1.40. The van der Waals surface area contributed by atoms with Crippen molar-refractivity contribution in [2.45, 2.75) is 12.5 Å². The summed E-state index contributed by atoms with van der Waals surface area (Å²) in [6.07, 6.45) is 0.941. The first-order valence-corrected chi connectivity index (χ1v) is 2.84. The van der Waals surface area contributed by atoms with Crippen LogP contribution in [0.25, 0.3) is 0 Å². The van der Waals surface area contributed by atoms with Crippen LogP contribution in [0, 0.1) is 0 Å². The maximum atomic E-state index is 8.58. The average molecular weight is 150 g/mol. The van der Waals surface area contributed by atoms with E-state index in [1.54, 1.807) is 0 Å². The minimum Gasteiger partial charge on any atom is -0.395 e. The second-order valence-corrected chi connectivity index (χ2v) is 2.21. The van der Waals surface area contributed by atoms with Gasteiger partial charge in [0.1, 0.15) is 0 Å². The van der Waals surface area contributed by atoms with Crippen LogP contribution in [0.3, 0.4) is 0 Å². The molecule has 0 amide bonds. The molecule has 2 N–H and O–H groups in total. The van der Waals surface area contributed by atoms with Gasteiger partial charge in [0.05, 0.1) is 6.61 Å². The predicted molar refractivity (Wildman–Crippen MR) is 39.9 cm³/mol. The Morgan fingerprint density at radius 1 is 1.78 bits per heavy atom. The molecule has 1 atom stereocenters. The van der Waals surface area contributed by atoms with E-state index in [1.807, 2.05) is 0 Å². The molecule has 0 saturated carbocycles. The van der Waals surface area contributed by atoms with E-state index in [1.165, 1.54) is 5.57 Å². The predicted octanol–water partition coefficient (Wildman–Crippen LogP) is 0.319. The zero-order valence-corrected chi connectivity index (χ0v) is 6.08. The third kappa shape index (κ3) is 2.35. The van der Waals surface area contributed by atoms with Crippen LogP contribution in [0.1, 0.15) is 6.42 Å². The van der Waals surface area contributed by atoms with Gasteiger partial charge >= 0.3 is 0 Å². The van der Waals surface area contributed by atoms with Crippen molar-refractivity contribution in [3.63, 3.8) is 0 Å². The van der Waals surface area contributed by atoms with Crippen molar-refractivity contribution in [2.24, 2.45) is 0 Å². The minimum atomic E-state index is 0. The molecule has 2 nitrogen and oxygen atoms in total. The lowest BCUT2D eigenvalue weighted by Gasteiger charge is -2.01. The summed E-state index contributed by atoms with van der Waals surface area (Å²) in [4.78, 5) is 0. The van der Waals surface area contributed by atoms with E-state index >= 15 is 0 Å². The van der Waals surface area contributed by atoms with Crippen molar-refractivity contribution in [1.29, 1.82) is 0 Å². The summed E-state index contributed by atoms with van der Waals surface area (Å²) in [6, 6.07) is 0.280. The van der Waals surface area contributed by atoms with Crippen LogP contribution in [-0.4, -0.2) is 24.3 Å². The second kappa shape index (κ2) is 3.88. The Labute approximate surface area is 61.4 Å². The molecule has 54 valence electrons. The highest BCUT2D eigenvalue weighted by Crippen LogP contribution is 2.08. The molecule has 0 aromatic rings. The average Bonchev–Trinajstić information content (AvgIpc) is 2.14. The number of aliphatic hydroxyl groups is 1. The SMILES string of the molecule is C=C1CNC(CO)C1.Cl. The fraction of sp³-hybridized carbons (Fsp3) is 0.667. The summed E-state index contributed by atoms with van der Waals surface area (Å²) in [6.45, 7) is 4.89. The Morgan fingerprint density at radius 2 is 2.44 bits per heavy atom. The van der Waals surface area contributed by atoms with E-state index in [0.29, 0.717) is 0 Å². The van der Waals surface area contributed by atoms with Gasteiger partial charge < -0.3 is 10.4 Å². The topological polar surface area (TPSA) is 32.3 Å². The van der Waals surface area contributed by atoms with Gasteiger partial charge in [-0.25, -0.2) is 0 Å². The quantitative estimate of drug-likeness (QED) is 0.527. The fourth-order valence-electron chi connectivity index (χ4n) is 0.911. The zero-order chi connectivity index (χ0) is 5.98. The summed E-state index contributed by atoms with van der Waals surface area (Å²) in [5.41, 5.74) is 1.20. The molecule has 9 heavy (non-hydrogen) atoms. The molecule has 1 rings (SSSR count). The van der Waals surface area contributed by atoms with Crippen molar-refractivity contribution >= 4 is 12.4 Å². The highest BCUT2D eigenvalue weighted by atomic mass is 35.5.